The van der Waals surface area contributed by atoms with Crippen LogP contribution in [0.4, 0.5) is 0 Å². The van der Waals surface area contributed by atoms with Gasteiger partial charge in [0.2, 0.25) is 0 Å². The minimum Gasteiger partial charge on any atom is -0.392 e. The van der Waals surface area contributed by atoms with E-state index in [1.54, 1.807) is 6.92 Å². The molecule has 0 bridgehead atoms. The van der Waals surface area contributed by atoms with Crippen molar-refractivity contribution in [1.82, 2.24) is 5.32 Å². The highest BCUT2D eigenvalue weighted by Crippen LogP contribution is 2.13. The molecule has 0 aliphatic carbocycles. The molecule has 0 aliphatic heterocycles. The van der Waals surface area contributed by atoms with E-state index in [0.29, 0.717) is 12.6 Å². The van der Waals surface area contributed by atoms with Crippen molar-refractivity contribution in [2.45, 2.75) is 39.3 Å². The average molecular weight is 207 g/mol. The number of benzene rings is 1. The molecule has 84 valence electrons. The maximum atomic E-state index is 9.17. The van der Waals surface area contributed by atoms with Gasteiger partial charge in [0.1, 0.15) is 0 Å². The summed E-state index contributed by atoms with van der Waals surface area (Å²) in [5, 5.41) is 12.5. The maximum Gasteiger partial charge on any atom is 0.0636 e. The van der Waals surface area contributed by atoms with Gasteiger partial charge in [-0.25, -0.2) is 0 Å². The van der Waals surface area contributed by atoms with Crippen molar-refractivity contribution >= 4 is 0 Å². The lowest BCUT2D eigenvalue weighted by molar-refractivity contribution is 0.187. The summed E-state index contributed by atoms with van der Waals surface area (Å²) < 4.78 is 0. The lowest BCUT2D eigenvalue weighted by atomic mass is 10.0. The Kier molecular flexibility index (Phi) is 4.79. The molecule has 0 saturated heterocycles. The highest BCUT2D eigenvalue weighted by Gasteiger charge is 2.05. The van der Waals surface area contributed by atoms with Crippen molar-refractivity contribution in [2.75, 3.05) is 6.54 Å². The summed E-state index contributed by atoms with van der Waals surface area (Å²) in [5.41, 5.74) is 2.63. The SMILES string of the molecule is CCc1ccc([C@H](C)NC[C@H](C)O)cc1. The number of hydrogen-bond donors (Lipinski definition) is 2. The Labute approximate surface area is 92.3 Å². The monoisotopic (exact) mass is 207 g/mol. The Balaban J connectivity index is 2.54. The molecule has 0 unspecified atom stereocenters. The third-order valence-corrected chi connectivity index (χ3v) is 2.61. The van der Waals surface area contributed by atoms with Gasteiger partial charge in [-0.1, -0.05) is 31.2 Å². The van der Waals surface area contributed by atoms with Crippen molar-refractivity contribution in [3.8, 4) is 0 Å². The molecule has 2 atom stereocenters. The van der Waals surface area contributed by atoms with Gasteiger partial charge in [0.05, 0.1) is 6.10 Å². The van der Waals surface area contributed by atoms with Gasteiger partial charge in [-0.05, 0) is 31.4 Å². The summed E-state index contributed by atoms with van der Waals surface area (Å²) >= 11 is 0. The van der Waals surface area contributed by atoms with Gasteiger partial charge < -0.3 is 10.4 Å². The van der Waals surface area contributed by atoms with Crippen LogP contribution in [0.3, 0.4) is 0 Å². The molecule has 2 nitrogen and oxygen atoms in total. The second-order valence-corrected chi connectivity index (χ2v) is 4.07. The standard InChI is InChI=1S/C13H21NO/c1-4-12-5-7-13(8-6-12)11(3)14-9-10(2)15/h5-8,10-11,14-15H,4,9H2,1-3H3/t10-,11-/m0/s1. The Bertz CT molecular complexity index is 279. The fourth-order valence-electron chi connectivity index (χ4n) is 1.51. The first-order valence-electron chi connectivity index (χ1n) is 5.63. The zero-order valence-electron chi connectivity index (χ0n) is 9.83. The number of rotatable bonds is 5. The largest absolute Gasteiger partial charge is 0.392 e. The smallest absolute Gasteiger partial charge is 0.0636 e. The molecule has 0 saturated carbocycles. The van der Waals surface area contributed by atoms with E-state index in [-0.39, 0.29) is 6.10 Å². The average Bonchev–Trinajstić information content (AvgIpc) is 2.26. The molecule has 0 fully saturated rings. The zero-order chi connectivity index (χ0) is 11.3. The molecular formula is C13H21NO. The zero-order valence-corrected chi connectivity index (χ0v) is 9.83. The Morgan fingerprint density at radius 1 is 1.20 bits per heavy atom. The van der Waals surface area contributed by atoms with Gasteiger partial charge in [0.25, 0.3) is 0 Å². The van der Waals surface area contributed by atoms with E-state index >= 15 is 0 Å². The highest BCUT2D eigenvalue weighted by atomic mass is 16.3. The summed E-state index contributed by atoms with van der Waals surface area (Å²) in [5.74, 6) is 0. The molecule has 1 aromatic rings. The first-order valence-corrected chi connectivity index (χ1v) is 5.63. The summed E-state index contributed by atoms with van der Waals surface area (Å²) in [4.78, 5) is 0. The van der Waals surface area contributed by atoms with Crippen LogP contribution in [0.5, 0.6) is 0 Å². The Hall–Kier alpha value is -0.860. The quantitative estimate of drug-likeness (QED) is 0.776. The van der Waals surface area contributed by atoms with Gasteiger partial charge in [-0.2, -0.15) is 0 Å². The van der Waals surface area contributed by atoms with Gasteiger partial charge in [0.15, 0.2) is 0 Å². The second kappa shape index (κ2) is 5.89. The number of hydrogen-bond acceptors (Lipinski definition) is 2. The van der Waals surface area contributed by atoms with E-state index in [1.165, 1.54) is 11.1 Å². The van der Waals surface area contributed by atoms with Gasteiger partial charge in [-0.15, -0.1) is 0 Å². The highest BCUT2D eigenvalue weighted by molar-refractivity contribution is 5.24. The molecule has 0 spiro atoms. The van der Waals surface area contributed by atoms with Gasteiger partial charge in [0, 0.05) is 12.6 Å². The predicted octanol–water partition coefficient (Wildman–Crippen LogP) is 2.28. The Morgan fingerprint density at radius 2 is 1.80 bits per heavy atom. The molecular weight excluding hydrogens is 186 g/mol. The van der Waals surface area contributed by atoms with Crippen LogP contribution in [0.25, 0.3) is 0 Å². The van der Waals surface area contributed by atoms with E-state index in [9.17, 15) is 0 Å². The van der Waals surface area contributed by atoms with Crippen molar-refractivity contribution in [1.29, 1.82) is 0 Å². The van der Waals surface area contributed by atoms with Crippen molar-refractivity contribution in [3.05, 3.63) is 35.4 Å². The first-order chi connectivity index (χ1) is 7.13. The van der Waals surface area contributed by atoms with Crippen molar-refractivity contribution in [3.63, 3.8) is 0 Å². The second-order valence-electron chi connectivity index (χ2n) is 4.07. The molecule has 0 radical (unpaired) electrons. The molecule has 2 heteroatoms. The lowest BCUT2D eigenvalue weighted by Crippen LogP contribution is -2.27. The summed E-state index contributed by atoms with van der Waals surface area (Å²) in [7, 11) is 0. The summed E-state index contributed by atoms with van der Waals surface area (Å²) in [6.45, 7) is 6.70. The van der Waals surface area contributed by atoms with E-state index < -0.39 is 0 Å². The van der Waals surface area contributed by atoms with Crippen LogP contribution in [0.15, 0.2) is 24.3 Å². The molecule has 2 N–H and O–H groups in total. The number of aryl methyl sites for hydroxylation is 1. The van der Waals surface area contributed by atoms with Gasteiger partial charge in [-0.3, -0.25) is 0 Å². The number of nitrogens with one attached hydrogen (secondary N) is 1. The minimum atomic E-state index is -0.289. The summed E-state index contributed by atoms with van der Waals surface area (Å²) in [6.07, 6.45) is 0.790. The number of aliphatic hydroxyl groups is 1. The van der Waals surface area contributed by atoms with Crippen LogP contribution in [0.1, 0.15) is 37.9 Å². The van der Waals surface area contributed by atoms with E-state index in [4.69, 9.17) is 5.11 Å². The predicted molar refractivity (Wildman–Crippen MR) is 63.9 cm³/mol. The fourth-order valence-corrected chi connectivity index (χ4v) is 1.51. The normalized spacial score (nSPS) is 14.9. The van der Waals surface area contributed by atoms with Crippen LogP contribution in [0.2, 0.25) is 0 Å². The van der Waals surface area contributed by atoms with Crippen molar-refractivity contribution < 1.29 is 5.11 Å². The van der Waals surface area contributed by atoms with E-state index in [0.717, 1.165) is 6.42 Å². The van der Waals surface area contributed by atoms with Crippen LogP contribution < -0.4 is 5.32 Å². The first kappa shape index (κ1) is 12.2. The molecule has 15 heavy (non-hydrogen) atoms. The Morgan fingerprint density at radius 3 is 2.27 bits per heavy atom. The fraction of sp³-hybridized carbons (Fsp3) is 0.538. The molecule has 1 rings (SSSR count). The number of aliphatic hydroxyl groups excluding tert-OH is 1. The topological polar surface area (TPSA) is 32.3 Å². The summed E-state index contributed by atoms with van der Waals surface area (Å²) in [6, 6.07) is 8.92. The maximum absolute atomic E-state index is 9.17. The van der Waals surface area contributed by atoms with Crippen LogP contribution in [-0.2, 0) is 6.42 Å². The molecule has 1 aromatic carbocycles. The third-order valence-electron chi connectivity index (χ3n) is 2.61. The lowest BCUT2D eigenvalue weighted by Gasteiger charge is -2.15. The van der Waals surface area contributed by atoms with E-state index in [1.807, 2.05) is 0 Å². The molecule has 0 aromatic heterocycles. The minimum absolute atomic E-state index is 0.289. The third kappa shape index (κ3) is 4.02. The van der Waals surface area contributed by atoms with Gasteiger partial charge >= 0.3 is 0 Å². The van der Waals surface area contributed by atoms with Crippen LogP contribution in [0, 0.1) is 0 Å². The molecule has 0 heterocycles. The molecule has 0 amide bonds. The van der Waals surface area contributed by atoms with Crippen LogP contribution in [-0.4, -0.2) is 17.8 Å². The molecule has 0 aliphatic rings. The van der Waals surface area contributed by atoms with Crippen molar-refractivity contribution in [2.24, 2.45) is 0 Å². The van der Waals surface area contributed by atoms with Crippen LogP contribution >= 0.6 is 0 Å². The van der Waals surface area contributed by atoms with E-state index in [2.05, 4.69) is 43.4 Å².